The number of benzene rings is 1. The molecule has 90 valence electrons. The Morgan fingerprint density at radius 1 is 1.24 bits per heavy atom. The van der Waals surface area contributed by atoms with Crippen LogP contribution in [0.3, 0.4) is 0 Å². The molecule has 0 radical (unpaired) electrons. The lowest BCUT2D eigenvalue weighted by molar-refractivity contribution is 0.907. The van der Waals surface area contributed by atoms with Crippen LogP contribution in [0.25, 0.3) is 0 Å². The average molecular weight is 351 g/mol. The monoisotopic (exact) mass is 349 g/mol. The fourth-order valence-corrected chi connectivity index (χ4v) is 3.33. The van der Waals surface area contributed by atoms with Crippen molar-refractivity contribution in [3.63, 3.8) is 0 Å². The van der Waals surface area contributed by atoms with Crippen LogP contribution in [0.15, 0.2) is 34.8 Å². The van der Waals surface area contributed by atoms with Crippen molar-refractivity contribution < 1.29 is 0 Å². The van der Waals surface area contributed by atoms with Crippen LogP contribution in [-0.2, 0) is 0 Å². The Balaban J connectivity index is 2.15. The molecule has 0 aliphatic rings. The zero-order valence-corrected chi connectivity index (χ0v) is 12.9. The summed E-state index contributed by atoms with van der Waals surface area (Å²) in [5.41, 5.74) is 1.02. The van der Waals surface area contributed by atoms with Crippen molar-refractivity contribution in [2.45, 2.75) is 13.0 Å². The number of thiophene rings is 1. The highest BCUT2D eigenvalue weighted by Crippen LogP contribution is 2.32. The van der Waals surface area contributed by atoms with Gasteiger partial charge in [-0.25, -0.2) is 0 Å². The topological polar surface area (TPSA) is 12.0 Å². The van der Waals surface area contributed by atoms with Gasteiger partial charge in [0.25, 0.3) is 0 Å². The van der Waals surface area contributed by atoms with Crippen molar-refractivity contribution in [1.82, 2.24) is 0 Å². The molecule has 5 heteroatoms. The van der Waals surface area contributed by atoms with E-state index in [-0.39, 0.29) is 6.04 Å². The summed E-state index contributed by atoms with van der Waals surface area (Å²) >= 11 is 16.9. The van der Waals surface area contributed by atoms with Crippen molar-refractivity contribution in [3.05, 3.63) is 49.0 Å². The lowest BCUT2D eigenvalue weighted by Crippen LogP contribution is -2.05. The van der Waals surface area contributed by atoms with E-state index in [0.717, 1.165) is 14.5 Å². The quantitative estimate of drug-likeness (QED) is 0.716. The Hall–Kier alpha value is -0.220. The van der Waals surface area contributed by atoms with Crippen LogP contribution in [0.1, 0.15) is 17.8 Å². The largest absolute Gasteiger partial charge is 0.377 e. The zero-order valence-electron chi connectivity index (χ0n) is 9.01. The minimum Gasteiger partial charge on any atom is -0.377 e. The summed E-state index contributed by atoms with van der Waals surface area (Å²) in [6.45, 7) is 2.10. The average Bonchev–Trinajstić information content (AvgIpc) is 2.69. The van der Waals surface area contributed by atoms with Gasteiger partial charge in [-0.05, 0) is 53.2 Å². The van der Waals surface area contributed by atoms with E-state index in [1.54, 1.807) is 11.3 Å². The van der Waals surface area contributed by atoms with Gasteiger partial charge < -0.3 is 5.32 Å². The second kappa shape index (κ2) is 5.61. The van der Waals surface area contributed by atoms with Gasteiger partial charge in [-0.1, -0.05) is 23.2 Å². The van der Waals surface area contributed by atoms with Gasteiger partial charge in [-0.3, -0.25) is 0 Å². The predicted octanol–water partition coefficient (Wildman–Crippen LogP) is 5.99. The van der Waals surface area contributed by atoms with E-state index in [9.17, 15) is 0 Å². The van der Waals surface area contributed by atoms with Crippen molar-refractivity contribution >= 4 is 56.2 Å². The molecule has 0 fully saturated rings. The molecule has 0 amide bonds. The molecule has 2 aromatic rings. The number of anilines is 1. The van der Waals surface area contributed by atoms with Gasteiger partial charge in [0, 0.05) is 20.1 Å². The molecule has 0 saturated carbocycles. The molecular formula is C12H10BrCl2NS. The highest BCUT2D eigenvalue weighted by molar-refractivity contribution is 9.10. The van der Waals surface area contributed by atoms with Gasteiger partial charge in [-0.15, -0.1) is 11.3 Å². The van der Waals surface area contributed by atoms with E-state index < -0.39 is 0 Å². The summed E-state index contributed by atoms with van der Waals surface area (Å²) in [5.74, 6) is 0. The molecule has 0 aliphatic carbocycles. The van der Waals surface area contributed by atoms with E-state index in [0.29, 0.717) is 5.02 Å². The predicted molar refractivity (Wildman–Crippen MR) is 80.5 cm³/mol. The standard InChI is InChI=1S/C12H10BrCl2NS/c1-7(11-4-5-12(15)17-11)16-10-3-2-8(14)6-9(10)13/h2-7,16H,1H3. The molecule has 0 bridgehead atoms. The minimum atomic E-state index is 0.213. The second-order valence-electron chi connectivity index (χ2n) is 3.63. The highest BCUT2D eigenvalue weighted by Gasteiger charge is 2.09. The van der Waals surface area contributed by atoms with Gasteiger partial charge in [0.2, 0.25) is 0 Å². The lowest BCUT2D eigenvalue weighted by Gasteiger charge is -2.15. The molecule has 1 unspecified atom stereocenters. The van der Waals surface area contributed by atoms with Crippen molar-refractivity contribution in [1.29, 1.82) is 0 Å². The molecule has 1 N–H and O–H groups in total. The van der Waals surface area contributed by atoms with E-state index in [1.165, 1.54) is 4.88 Å². The maximum absolute atomic E-state index is 5.92. The van der Waals surface area contributed by atoms with Gasteiger partial charge in [-0.2, -0.15) is 0 Å². The molecule has 1 aromatic heterocycles. The van der Waals surface area contributed by atoms with Crippen LogP contribution >= 0.6 is 50.5 Å². The zero-order chi connectivity index (χ0) is 12.4. The Morgan fingerprint density at radius 2 is 2.00 bits per heavy atom. The maximum Gasteiger partial charge on any atom is 0.0932 e. The summed E-state index contributed by atoms with van der Waals surface area (Å²) in [7, 11) is 0. The van der Waals surface area contributed by atoms with Gasteiger partial charge in [0.15, 0.2) is 0 Å². The van der Waals surface area contributed by atoms with Crippen LogP contribution in [0.2, 0.25) is 9.36 Å². The molecule has 17 heavy (non-hydrogen) atoms. The molecule has 0 aliphatic heterocycles. The van der Waals surface area contributed by atoms with Crippen molar-refractivity contribution in [2.24, 2.45) is 0 Å². The van der Waals surface area contributed by atoms with Crippen LogP contribution in [0.5, 0.6) is 0 Å². The number of hydrogen-bond donors (Lipinski definition) is 1. The lowest BCUT2D eigenvalue weighted by atomic mass is 10.2. The van der Waals surface area contributed by atoms with Crippen molar-refractivity contribution in [2.75, 3.05) is 5.32 Å². The molecule has 0 saturated heterocycles. The molecule has 1 heterocycles. The Bertz CT molecular complexity index is 527. The van der Waals surface area contributed by atoms with Gasteiger partial charge >= 0.3 is 0 Å². The summed E-state index contributed by atoms with van der Waals surface area (Å²) in [6.07, 6.45) is 0. The maximum atomic E-state index is 5.92. The third kappa shape index (κ3) is 3.38. The van der Waals surface area contributed by atoms with Gasteiger partial charge in [0.05, 0.1) is 10.4 Å². The van der Waals surface area contributed by atoms with Crippen LogP contribution < -0.4 is 5.32 Å². The number of halogens is 3. The number of hydrogen-bond acceptors (Lipinski definition) is 2. The summed E-state index contributed by atoms with van der Waals surface area (Å²) < 4.78 is 1.77. The highest BCUT2D eigenvalue weighted by atomic mass is 79.9. The second-order valence-corrected chi connectivity index (χ2v) is 6.67. The number of rotatable bonds is 3. The fourth-order valence-electron chi connectivity index (χ4n) is 1.47. The Labute approximate surface area is 123 Å². The first-order valence-electron chi connectivity index (χ1n) is 5.03. The third-order valence-corrected chi connectivity index (χ3v) is 4.63. The first kappa shape index (κ1) is 13.2. The van der Waals surface area contributed by atoms with Crippen LogP contribution in [-0.4, -0.2) is 0 Å². The molecular weight excluding hydrogens is 341 g/mol. The molecule has 1 atom stereocenters. The smallest absolute Gasteiger partial charge is 0.0932 e. The van der Waals surface area contributed by atoms with E-state index in [1.807, 2.05) is 30.3 Å². The van der Waals surface area contributed by atoms with E-state index >= 15 is 0 Å². The van der Waals surface area contributed by atoms with Crippen LogP contribution in [0.4, 0.5) is 5.69 Å². The van der Waals surface area contributed by atoms with E-state index in [4.69, 9.17) is 23.2 Å². The Kier molecular flexibility index (Phi) is 4.36. The fraction of sp³-hybridized carbons (Fsp3) is 0.167. The van der Waals surface area contributed by atoms with Gasteiger partial charge in [0.1, 0.15) is 0 Å². The molecule has 1 aromatic carbocycles. The molecule has 2 rings (SSSR count). The van der Waals surface area contributed by atoms with Crippen molar-refractivity contribution in [3.8, 4) is 0 Å². The third-order valence-electron chi connectivity index (χ3n) is 2.32. The molecule has 0 spiro atoms. The number of nitrogens with one attached hydrogen (secondary N) is 1. The first-order chi connectivity index (χ1) is 8.06. The van der Waals surface area contributed by atoms with Crippen LogP contribution in [0, 0.1) is 0 Å². The summed E-state index contributed by atoms with van der Waals surface area (Å²) in [6, 6.07) is 9.86. The Morgan fingerprint density at radius 3 is 2.59 bits per heavy atom. The minimum absolute atomic E-state index is 0.213. The first-order valence-corrected chi connectivity index (χ1v) is 7.39. The SMILES string of the molecule is CC(Nc1ccc(Cl)cc1Br)c1ccc(Cl)s1. The summed E-state index contributed by atoms with van der Waals surface area (Å²) in [5, 5.41) is 4.13. The molecule has 1 nitrogen and oxygen atoms in total. The summed E-state index contributed by atoms with van der Waals surface area (Å²) in [4.78, 5) is 1.21. The normalized spacial score (nSPS) is 12.5. The van der Waals surface area contributed by atoms with E-state index in [2.05, 4.69) is 28.2 Å².